The Balaban J connectivity index is 2.09. The highest BCUT2D eigenvalue weighted by atomic mass is 16.2. The maximum Gasteiger partial charge on any atom is 0.243 e. The van der Waals surface area contributed by atoms with E-state index in [0.29, 0.717) is 6.04 Å². The lowest BCUT2D eigenvalue weighted by molar-refractivity contribution is -0.146. The van der Waals surface area contributed by atoms with Crippen molar-refractivity contribution in [3.63, 3.8) is 0 Å². The molecule has 0 aromatic heterocycles. The van der Waals surface area contributed by atoms with E-state index in [1.165, 1.54) is 0 Å². The number of piperidine rings is 1. The largest absolute Gasteiger partial charge is 0.352 e. The van der Waals surface area contributed by atoms with Crippen LogP contribution < -0.4 is 5.32 Å². The Hall–Kier alpha value is -1.06. The summed E-state index contributed by atoms with van der Waals surface area (Å²) in [6.45, 7) is 5.87. The van der Waals surface area contributed by atoms with Crippen molar-refractivity contribution in [1.82, 2.24) is 10.2 Å². The summed E-state index contributed by atoms with van der Waals surface area (Å²) in [5, 5.41) is 2.92. The van der Waals surface area contributed by atoms with Gasteiger partial charge in [0.15, 0.2) is 0 Å². The zero-order valence-electron chi connectivity index (χ0n) is 10.9. The molecule has 0 bridgehead atoms. The van der Waals surface area contributed by atoms with Gasteiger partial charge in [-0.2, -0.15) is 0 Å². The van der Waals surface area contributed by atoms with Crippen LogP contribution in [0.3, 0.4) is 0 Å². The van der Waals surface area contributed by atoms with Crippen molar-refractivity contribution in [3.8, 4) is 0 Å². The highest BCUT2D eigenvalue weighted by Gasteiger charge is 2.44. The highest BCUT2D eigenvalue weighted by molar-refractivity contribution is 5.89. The van der Waals surface area contributed by atoms with Gasteiger partial charge in [-0.3, -0.25) is 9.59 Å². The van der Waals surface area contributed by atoms with E-state index < -0.39 is 0 Å². The van der Waals surface area contributed by atoms with E-state index in [2.05, 4.69) is 5.32 Å². The first-order chi connectivity index (χ1) is 8.00. The number of rotatable bonds is 2. The van der Waals surface area contributed by atoms with Gasteiger partial charge in [0.2, 0.25) is 11.8 Å². The van der Waals surface area contributed by atoms with Gasteiger partial charge in [-0.25, -0.2) is 0 Å². The Kier molecular flexibility index (Phi) is 3.40. The SMILES string of the molecule is CC(C)NC(=O)[C@@H]1CC[C@H]2CC[C@H](C)C(=O)N21. The molecule has 17 heavy (non-hydrogen) atoms. The van der Waals surface area contributed by atoms with Gasteiger partial charge in [0.1, 0.15) is 6.04 Å². The van der Waals surface area contributed by atoms with Gasteiger partial charge in [0, 0.05) is 18.0 Å². The first-order valence-corrected chi connectivity index (χ1v) is 6.63. The van der Waals surface area contributed by atoms with Crippen LogP contribution in [0, 0.1) is 5.92 Å². The molecule has 2 aliphatic rings. The molecule has 2 rings (SSSR count). The van der Waals surface area contributed by atoms with Gasteiger partial charge in [-0.15, -0.1) is 0 Å². The van der Waals surface area contributed by atoms with E-state index >= 15 is 0 Å². The fourth-order valence-electron chi connectivity index (χ4n) is 2.96. The predicted octanol–water partition coefficient (Wildman–Crippen LogP) is 1.30. The minimum atomic E-state index is -0.224. The molecule has 2 saturated heterocycles. The number of nitrogens with zero attached hydrogens (tertiary/aromatic N) is 1. The number of fused-ring (bicyclic) bond motifs is 1. The topological polar surface area (TPSA) is 49.4 Å². The summed E-state index contributed by atoms with van der Waals surface area (Å²) < 4.78 is 0. The summed E-state index contributed by atoms with van der Waals surface area (Å²) in [5.41, 5.74) is 0. The van der Waals surface area contributed by atoms with Crippen molar-refractivity contribution in [2.24, 2.45) is 5.92 Å². The molecule has 0 saturated carbocycles. The molecule has 2 aliphatic heterocycles. The third kappa shape index (κ3) is 2.31. The van der Waals surface area contributed by atoms with Crippen molar-refractivity contribution < 1.29 is 9.59 Å². The Morgan fingerprint density at radius 2 is 1.94 bits per heavy atom. The summed E-state index contributed by atoms with van der Waals surface area (Å²) in [6, 6.07) is 0.220. The quantitative estimate of drug-likeness (QED) is 0.788. The van der Waals surface area contributed by atoms with Crippen LogP contribution in [0.1, 0.15) is 46.5 Å². The van der Waals surface area contributed by atoms with E-state index in [0.717, 1.165) is 25.7 Å². The number of carbonyl (C=O) groups is 2. The molecule has 1 N–H and O–H groups in total. The minimum absolute atomic E-state index is 0.0185. The first-order valence-electron chi connectivity index (χ1n) is 6.63. The lowest BCUT2D eigenvalue weighted by atomic mass is 9.94. The molecule has 4 nitrogen and oxygen atoms in total. The van der Waals surface area contributed by atoms with Crippen LogP contribution in [0.25, 0.3) is 0 Å². The van der Waals surface area contributed by atoms with Crippen molar-refractivity contribution >= 4 is 11.8 Å². The number of hydrogen-bond donors (Lipinski definition) is 1. The van der Waals surface area contributed by atoms with Crippen LogP contribution >= 0.6 is 0 Å². The monoisotopic (exact) mass is 238 g/mol. The van der Waals surface area contributed by atoms with Crippen LogP contribution in [0.4, 0.5) is 0 Å². The Morgan fingerprint density at radius 1 is 1.29 bits per heavy atom. The molecule has 2 amide bonds. The second kappa shape index (κ2) is 4.67. The zero-order chi connectivity index (χ0) is 12.6. The number of carbonyl (C=O) groups excluding carboxylic acids is 2. The molecular weight excluding hydrogens is 216 g/mol. The van der Waals surface area contributed by atoms with Crippen molar-refractivity contribution in [3.05, 3.63) is 0 Å². The molecule has 0 aliphatic carbocycles. The standard InChI is InChI=1S/C13H22N2O2/c1-8(2)14-12(16)11-7-6-10-5-4-9(3)13(17)15(10)11/h8-11H,4-7H2,1-3H3,(H,14,16)/t9-,10+,11-/m0/s1. The zero-order valence-corrected chi connectivity index (χ0v) is 10.9. The molecule has 3 atom stereocenters. The van der Waals surface area contributed by atoms with Crippen LogP contribution in [0.5, 0.6) is 0 Å². The van der Waals surface area contributed by atoms with E-state index in [1.807, 2.05) is 25.7 Å². The average molecular weight is 238 g/mol. The third-order valence-electron chi connectivity index (χ3n) is 3.85. The van der Waals surface area contributed by atoms with Crippen LogP contribution in [-0.2, 0) is 9.59 Å². The molecule has 0 aromatic carbocycles. The molecule has 0 radical (unpaired) electrons. The summed E-state index contributed by atoms with van der Waals surface area (Å²) in [6.07, 6.45) is 3.83. The van der Waals surface area contributed by atoms with Gasteiger partial charge >= 0.3 is 0 Å². The molecule has 2 heterocycles. The predicted molar refractivity (Wildman–Crippen MR) is 65.3 cm³/mol. The average Bonchev–Trinajstić information content (AvgIpc) is 2.67. The summed E-state index contributed by atoms with van der Waals surface area (Å²) >= 11 is 0. The third-order valence-corrected chi connectivity index (χ3v) is 3.85. The van der Waals surface area contributed by atoms with Crippen molar-refractivity contribution in [2.45, 2.75) is 64.6 Å². The molecule has 0 aromatic rings. The summed E-state index contributed by atoms with van der Waals surface area (Å²) in [5.74, 6) is 0.270. The van der Waals surface area contributed by atoms with Crippen molar-refractivity contribution in [2.75, 3.05) is 0 Å². The van der Waals surface area contributed by atoms with E-state index in [9.17, 15) is 9.59 Å². The van der Waals surface area contributed by atoms with E-state index in [1.54, 1.807) is 0 Å². The second-order valence-corrected chi connectivity index (χ2v) is 5.63. The summed E-state index contributed by atoms with van der Waals surface area (Å²) in [7, 11) is 0. The molecule has 2 fully saturated rings. The van der Waals surface area contributed by atoms with Crippen molar-refractivity contribution in [1.29, 1.82) is 0 Å². The van der Waals surface area contributed by atoms with Gasteiger partial charge in [0.25, 0.3) is 0 Å². The molecule has 96 valence electrons. The highest BCUT2D eigenvalue weighted by Crippen LogP contribution is 2.34. The molecule has 0 unspecified atom stereocenters. The Labute approximate surface area is 103 Å². The normalized spacial score (nSPS) is 32.8. The molecular formula is C13H22N2O2. The Bertz CT molecular complexity index is 327. The second-order valence-electron chi connectivity index (χ2n) is 5.63. The maximum atomic E-state index is 12.2. The minimum Gasteiger partial charge on any atom is -0.352 e. The van der Waals surface area contributed by atoms with Crippen LogP contribution in [0.15, 0.2) is 0 Å². The van der Waals surface area contributed by atoms with E-state index in [4.69, 9.17) is 0 Å². The van der Waals surface area contributed by atoms with Gasteiger partial charge in [0.05, 0.1) is 0 Å². The number of nitrogens with one attached hydrogen (secondary N) is 1. The smallest absolute Gasteiger partial charge is 0.243 e. The lowest BCUT2D eigenvalue weighted by Gasteiger charge is -2.36. The van der Waals surface area contributed by atoms with Gasteiger partial charge in [-0.1, -0.05) is 6.92 Å². The van der Waals surface area contributed by atoms with Crippen LogP contribution in [0.2, 0.25) is 0 Å². The van der Waals surface area contributed by atoms with E-state index in [-0.39, 0.29) is 29.8 Å². The molecule has 0 spiro atoms. The number of hydrogen-bond acceptors (Lipinski definition) is 2. The summed E-state index contributed by atoms with van der Waals surface area (Å²) in [4.78, 5) is 26.1. The fourth-order valence-corrected chi connectivity index (χ4v) is 2.96. The fraction of sp³-hybridized carbons (Fsp3) is 0.846. The van der Waals surface area contributed by atoms with Gasteiger partial charge < -0.3 is 10.2 Å². The molecule has 4 heteroatoms. The maximum absolute atomic E-state index is 12.2. The number of amides is 2. The first kappa shape index (κ1) is 12.4. The van der Waals surface area contributed by atoms with Gasteiger partial charge in [-0.05, 0) is 39.5 Å². The van der Waals surface area contributed by atoms with Crippen LogP contribution in [-0.4, -0.2) is 34.8 Å². The Morgan fingerprint density at radius 3 is 2.59 bits per heavy atom. The lowest BCUT2D eigenvalue weighted by Crippen LogP contribution is -2.53.